The first-order valence-electron chi connectivity index (χ1n) is 13.3. The summed E-state index contributed by atoms with van der Waals surface area (Å²) in [5.41, 5.74) is 2.38. The number of para-hydroxylation sites is 1. The Kier molecular flexibility index (Phi) is 11.2. The molecule has 0 radical (unpaired) electrons. The number of carbonyl (C=O) groups excluding carboxylic acids is 3. The predicted octanol–water partition coefficient (Wildman–Crippen LogP) is 6.68. The van der Waals surface area contributed by atoms with E-state index in [4.69, 9.17) is 16.3 Å². The molecule has 0 fully saturated rings. The maximum atomic E-state index is 14.1. The van der Waals surface area contributed by atoms with E-state index in [9.17, 15) is 14.4 Å². The third kappa shape index (κ3) is 8.22. The average Bonchev–Trinajstić information content (AvgIpc) is 2.86. The van der Waals surface area contributed by atoms with Crippen LogP contribution in [-0.2, 0) is 20.7 Å². The minimum absolute atomic E-state index is 0.193. The van der Waals surface area contributed by atoms with E-state index < -0.39 is 23.8 Å². The summed E-state index contributed by atoms with van der Waals surface area (Å²) in [7, 11) is 0. The van der Waals surface area contributed by atoms with Crippen LogP contribution in [0.4, 0.5) is 10.5 Å². The minimum atomic E-state index is -0.943. The lowest BCUT2D eigenvalue weighted by molar-refractivity contribution is -0.141. The molecular weight excluding hydrogens is 502 g/mol. The average molecular weight is 544 g/mol. The van der Waals surface area contributed by atoms with Crippen molar-refractivity contribution in [2.75, 3.05) is 11.9 Å². The number of nitrogens with zero attached hydrogens (tertiary/aromatic N) is 1. The summed E-state index contributed by atoms with van der Waals surface area (Å²) in [6.07, 6.45) is 0.819. The lowest BCUT2D eigenvalue weighted by Crippen LogP contribution is -2.54. The lowest BCUT2D eigenvalue weighted by atomic mass is 9.95. The Hall–Kier alpha value is -3.06. The van der Waals surface area contributed by atoms with Crippen molar-refractivity contribution in [3.8, 4) is 0 Å². The molecule has 0 aliphatic rings. The van der Waals surface area contributed by atoms with Gasteiger partial charge in [0, 0.05) is 6.54 Å². The van der Waals surface area contributed by atoms with Gasteiger partial charge in [-0.05, 0) is 69.7 Å². The zero-order valence-corrected chi connectivity index (χ0v) is 24.6. The Morgan fingerprint density at radius 3 is 2.16 bits per heavy atom. The topological polar surface area (TPSA) is 87.7 Å². The fraction of sp³-hybridized carbons (Fsp3) is 0.500. The van der Waals surface area contributed by atoms with E-state index in [-0.39, 0.29) is 24.3 Å². The van der Waals surface area contributed by atoms with Gasteiger partial charge in [0.1, 0.15) is 17.7 Å². The number of rotatable bonds is 10. The highest BCUT2D eigenvalue weighted by Gasteiger charge is 2.37. The normalized spacial score (nSPS) is 13.7. The molecule has 2 N–H and O–H groups in total. The maximum Gasteiger partial charge on any atom is 0.408 e. The summed E-state index contributed by atoms with van der Waals surface area (Å²) < 4.78 is 5.44. The van der Waals surface area contributed by atoms with Crippen LogP contribution in [0.1, 0.15) is 77.6 Å². The van der Waals surface area contributed by atoms with E-state index in [0.29, 0.717) is 22.7 Å². The number of amides is 3. The van der Waals surface area contributed by atoms with Gasteiger partial charge in [-0.25, -0.2) is 4.79 Å². The molecule has 0 heterocycles. The molecule has 3 amide bonds. The molecule has 2 rings (SSSR count). The SMILES string of the molecule is CCc1ccc(C(C(=O)Nc2c(C)cccc2Cl)N(CC)C(=O)C(NC(=O)OC(C)(C)C)C(C)CC)cc1. The fourth-order valence-electron chi connectivity index (χ4n) is 4.15. The molecule has 3 unspecified atom stereocenters. The van der Waals surface area contributed by atoms with E-state index in [2.05, 4.69) is 17.6 Å². The molecular formula is C30H42ClN3O4. The summed E-state index contributed by atoms with van der Waals surface area (Å²) in [5, 5.41) is 6.13. The highest BCUT2D eigenvalue weighted by molar-refractivity contribution is 6.34. The molecule has 0 aliphatic heterocycles. The van der Waals surface area contributed by atoms with Crippen molar-refractivity contribution < 1.29 is 19.1 Å². The molecule has 0 saturated heterocycles. The number of carbonyl (C=O) groups is 3. The Balaban J connectivity index is 2.52. The van der Waals surface area contributed by atoms with Crippen molar-refractivity contribution >= 4 is 35.2 Å². The van der Waals surface area contributed by atoms with Crippen molar-refractivity contribution in [3.05, 3.63) is 64.2 Å². The standard InChI is InChI=1S/C30H42ClN3O4/c1-9-19(4)25(33-29(37)38-30(6,7)8)28(36)34(11-3)26(22-17-15-21(10-2)16-18-22)27(35)32-24-20(5)13-12-14-23(24)31/h12-19,25-26H,9-11H2,1-8H3,(H,32,35)(H,33,37). The molecule has 38 heavy (non-hydrogen) atoms. The number of benzene rings is 2. The molecule has 7 nitrogen and oxygen atoms in total. The zero-order chi connectivity index (χ0) is 28.6. The van der Waals surface area contributed by atoms with Gasteiger partial charge >= 0.3 is 6.09 Å². The van der Waals surface area contributed by atoms with Crippen molar-refractivity contribution in [2.24, 2.45) is 5.92 Å². The summed E-state index contributed by atoms with van der Waals surface area (Å²) in [5.74, 6) is -0.940. The number of hydrogen-bond acceptors (Lipinski definition) is 4. The van der Waals surface area contributed by atoms with Gasteiger partial charge in [0.05, 0.1) is 10.7 Å². The number of halogens is 1. The number of ether oxygens (including phenoxy) is 1. The zero-order valence-electron chi connectivity index (χ0n) is 23.9. The number of nitrogens with one attached hydrogen (secondary N) is 2. The summed E-state index contributed by atoms with van der Waals surface area (Å²) in [6.45, 7) is 15.1. The highest BCUT2D eigenvalue weighted by atomic mass is 35.5. The Bertz CT molecular complexity index is 1090. The van der Waals surface area contributed by atoms with Gasteiger partial charge in [-0.1, -0.05) is 75.2 Å². The van der Waals surface area contributed by atoms with Crippen LogP contribution in [-0.4, -0.2) is 41.0 Å². The smallest absolute Gasteiger partial charge is 0.408 e. The molecule has 2 aromatic carbocycles. The van der Waals surface area contributed by atoms with Crippen LogP contribution in [0.2, 0.25) is 5.02 Å². The second kappa shape index (κ2) is 13.7. The number of alkyl carbamates (subject to hydrolysis) is 1. The van der Waals surface area contributed by atoms with Crippen LogP contribution in [0.5, 0.6) is 0 Å². The third-order valence-corrected chi connectivity index (χ3v) is 6.82. The Labute approximate surface area is 232 Å². The van der Waals surface area contributed by atoms with Crippen LogP contribution in [0, 0.1) is 12.8 Å². The van der Waals surface area contributed by atoms with E-state index in [1.807, 2.05) is 64.1 Å². The van der Waals surface area contributed by atoms with Gasteiger partial charge in [0.2, 0.25) is 5.91 Å². The van der Waals surface area contributed by atoms with Gasteiger partial charge in [-0.2, -0.15) is 0 Å². The van der Waals surface area contributed by atoms with Crippen molar-refractivity contribution in [1.82, 2.24) is 10.2 Å². The van der Waals surface area contributed by atoms with Crippen molar-refractivity contribution in [2.45, 2.75) is 85.9 Å². The Morgan fingerprint density at radius 1 is 1.03 bits per heavy atom. The van der Waals surface area contributed by atoms with Gasteiger partial charge < -0.3 is 20.3 Å². The van der Waals surface area contributed by atoms with E-state index in [1.54, 1.807) is 26.8 Å². The first-order valence-corrected chi connectivity index (χ1v) is 13.6. The number of aryl methyl sites for hydroxylation is 2. The quantitative estimate of drug-likeness (QED) is 0.350. The number of anilines is 1. The van der Waals surface area contributed by atoms with Crippen molar-refractivity contribution in [1.29, 1.82) is 0 Å². The second-order valence-corrected chi connectivity index (χ2v) is 11.0. The van der Waals surface area contributed by atoms with Crippen molar-refractivity contribution in [3.63, 3.8) is 0 Å². The third-order valence-electron chi connectivity index (χ3n) is 6.51. The van der Waals surface area contributed by atoms with Crippen LogP contribution in [0.15, 0.2) is 42.5 Å². The summed E-state index contributed by atoms with van der Waals surface area (Å²) >= 11 is 6.40. The van der Waals surface area contributed by atoms with Gasteiger partial charge in [-0.15, -0.1) is 0 Å². The van der Waals surface area contributed by atoms with Gasteiger partial charge in [-0.3, -0.25) is 9.59 Å². The largest absolute Gasteiger partial charge is 0.444 e. The molecule has 2 aromatic rings. The molecule has 208 valence electrons. The molecule has 8 heteroatoms. The summed E-state index contributed by atoms with van der Waals surface area (Å²) in [6, 6.07) is 11.2. The fourth-order valence-corrected chi connectivity index (χ4v) is 4.42. The molecule has 0 bridgehead atoms. The molecule has 0 spiro atoms. The molecule has 3 atom stereocenters. The molecule has 0 saturated carbocycles. The van der Waals surface area contributed by atoms with Gasteiger partial charge in [0.25, 0.3) is 5.91 Å². The predicted molar refractivity (Wildman–Crippen MR) is 153 cm³/mol. The van der Waals surface area contributed by atoms with E-state index >= 15 is 0 Å². The first-order chi connectivity index (χ1) is 17.8. The van der Waals surface area contributed by atoms with Crippen LogP contribution < -0.4 is 10.6 Å². The molecule has 0 aliphatic carbocycles. The monoisotopic (exact) mass is 543 g/mol. The number of likely N-dealkylation sites (N-methyl/N-ethyl adjacent to an activating group) is 1. The highest BCUT2D eigenvalue weighted by Crippen LogP contribution is 2.30. The van der Waals surface area contributed by atoms with E-state index in [1.165, 1.54) is 4.90 Å². The number of hydrogen-bond donors (Lipinski definition) is 2. The Morgan fingerprint density at radius 2 is 1.66 bits per heavy atom. The van der Waals surface area contributed by atoms with Crippen LogP contribution in [0.25, 0.3) is 0 Å². The summed E-state index contributed by atoms with van der Waals surface area (Å²) in [4.78, 5) is 42.1. The minimum Gasteiger partial charge on any atom is -0.444 e. The lowest BCUT2D eigenvalue weighted by Gasteiger charge is -2.35. The van der Waals surface area contributed by atoms with Crippen LogP contribution in [0.3, 0.4) is 0 Å². The first kappa shape index (κ1) is 31.2. The molecule has 0 aromatic heterocycles. The van der Waals surface area contributed by atoms with E-state index in [0.717, 1.165) is 17.5 Å². The second-order valence-electron chi connectivity index (χ2n) is 10.6. The van der Waals surface area contributed by atoms with Crippen LogP contribution >= 0.6 is 11.6 Å². The van der Waals surface area contributed by atoms with Gasteiger partial charge in [0.15, 0.2) is 0 Å². The maximum absolute atomic E-state index is 14.1.